The molecule has 0 aliphatic rings. The third kappa shape index (κ3) is 4.31. The van der Waals surface area contributed by atoms with Gasteiger partial charge in [-0.05, 0) is 18.4 Å². The predicted molar refractivity (Wildman–Crippen MR) is 81.9 cm³/mol. The Morgan fingerprint density at radius 2 is 1.89 bits per heavy atom. The summed E-state index contributed by atoms with van der Waals surface area (Å²) in [7, 11) is 0. The molecular weight excluding hydrogens is 254 g/mol. The molecule has 0 saturated heterocycles. The summed E-state index contributed by atoms with van der Waals surface area (Å²) in [6.45, 7) is 7.34. The molecule has 3 nitrogen and oxygen atoms in total. The summed E-state index contributed by atoms with van der Waals surface area (Å²) < 4.78 is 4.39. The van der Waals surface area contributed by atoms with Gasteiger partial charge in [-0.2, -0.15) is 4.37 Å². The second kappa shape index (κ2) is 6.15. The molecule has 2 rings (SSSR count). The predicted octanol–water partition coefficient (Wildman–Crippen LogP) is 3.88. The first-order chi connectivity index (χ1) is 9.05. The first kappa shape index (κ1) is 14.0. The van der Waals surface area contributed by atoms with Crippen LogP contribution in [0.5, 0.6) is 0 Å². The second-order valence-electron chi connectivity index (χ2n) is 5.69. The van der Waals surface area contributed by atoms with Crippen molar-refractivity contribution >= 4 is 16.7 Å². The van der Waals surface area contributed by atoms with E-state index in [0.29, 0.717) is 0 Å². The van der Waals surface area contributed by atoms with E-state index in [1.54, 1.807) is 0 Å². The molecule has 1 heterocycles. The summed E-state index contributed by atoms with van der Waals surface area (Å²) >= 11 is 1.45. The molecule has 0 spiro atoms. The Kier molecular flexibility index (Phi) is 4.53. The molecule has 1 N–H and O–H groups in total. The quantitative estimate of drug-likeness (QED) is 0.841. The lowest BCUT2D eigenvalue weighted by Crippen LogP contribution is -2.13. The van der Waals surface area contributed by atoms with Crippen molar-refractivity contribution in [3.8, 4) is 0 Å². The summed E-state index contributed by atoms with van der Waals surface area (Å²) in [5.41, 5.74) is 1.41. The number of nitrogens with one attached hydrogen (secondary N) is 1. The number of hydrogen-bond donors (Lipinski definition) is 1. The highest BCUT2D eigenvalue weighted by Crippen LogP contribution is 2.22. The van der Waals surface area contributed by atoms with Crippen LogP contribution in [0.25, 0.3) is 0 Å². The Morgan fingerprint density at radius 1 is 1.16 bits per heavy atom. The van der Waals surface area contributed by atoms with Crippen molar-refractivity contribution in [2.45, 2.75) is 39.0 Å². The summed E-state index contributed by atoms with van der Waals surface area (Å²) in [6, 6.07) is 10.6. The SMILES string of the molecule is CC(C)(C)c1nsc(NCCCc2ccccc2)n1. The molecule has 0 radical (unpaired) electrons. The molecule has 0 unspecified atom stereocenters. The van der Waals surface area contributed by atoms with Gasteiger partial charge in [0.05, 0.1) is 0 Å². The van der Waals surface area contributed by atoms with Crippen LogP contribution in [-0.4, -0.2) is 15.9 Å². The van der Waals surface area contributed by atoms with Gasteiger partial charge in [0.25, 0.3) is 0 Å². The molecule has 1 aromatic heterocycles. The third-order valence-electron chi connectivity index (χ3n) is 2.86. The smallest absolute Gasteiger partial charge is 0.202 e. The molecule has 4 heteroatoms. The van der Waals surface area contributed by atoms with E-state index in [4.69, 9.17) is 0 Å². The van der Waals surface area contributed by atoms with E-state index in [2.05, 4.69) is 65.8 Å². The topological polar surface area (TPSA) is 37.8 Å². The summed E-state index contributed by atoms with van der Waals surface area (Å²) in [5, 5.41) is 4.28. The van der Waals surface area contributed by atoms with E-state index in [9.17, 15) is 0 Å². The van der Waals surface area contributed by atoms with E-state index >= 15 is 0 Å². The van der Waals surface area contributed by atoms with Crippen LogP contribution in [0.15, 0.2) is 30.3 Å². The number of rotatable bonds is 5. The first-order valence-electron chi connectivity index (χ1n) is 6.68. The van der Waals surface area contributed by atoms with Gasteiger partial charge in [0.1, 0.15) is 5.82 Å². The molecule has 19 heavy (non-hydrogen) atoms. The van der Waals surface area contributed by atoms with Gasteiger partial charge >= 0.3 is 0 Å². The normalized spacial score (nSPS) is 11.5. The molecule has 0 aliphatic carbocycles. The summed E-state index contributed by atoms with van der Waals surface area (Å²) in [6.07, 6.45) is 2.20. The zero-order chi connectivity index (χ0) is 13.7. The highest BCUT2D eigenvalue weighted by Gasteiger charge is 2.19. The molecule has 0 saturated carbocycles. The standard InChI is InChI=1S/C15H21N3S/c1-15(2,3)13-17-14(19-18-13)16-11-7-10-12-8-5-4-6-9-12/h4-6,8-9H,7,10-11H2,1-3H3,(H,16,17,18). The van der Waals surface area contributed by atoms with Gasteiger partial charge in [0.2, 0.25) is 5.13 Å². The number of aryl methyl sites for hydroxylation is 1. The number of nitrogens with zero attached hydrogens (tertiary/aromatic N) is 2. The van der Waals surface area contributed by atoms with Crippen LogP contribution in [-0.2, 0) is 11.8 Å². The minimum absolute atomic E-state index is 0.0282. The van der Waals surface area contributed by atoms with Crippen LogP contribution in [0.1, 0.15) is 38.6 Å². The summed E-state index contributed by atoms with van der Waals surface area (Å²) in [5.74, 6) is 0.919. The van der Waals surface area contributed by atoms with Crippen molar-refractivity contribution in [2.75, 3.05) is 11.9 Å². The molecule has 2 aromatic rings. The van der Waals surface area contributed by atoms with E-state index in [-0.39, 0.29) is 5.41 Å². The van der Waals surface area contributed by atoms with Gasteiger partial charge in [0, 0.05) is 23.5 Å². The van der Waals surface area contributed by atoms with Crippen LogP contribution in [0.3, 0.4) is 0 Å². The maximum absolute atomic E-state index is 4.52. The van der Waals surface area contributed by atoms with Gasteiger partial charge in [-0.1, -0.05) is 51.1 Å². The highest BCUT2D eigenvalue weighted by atomic mass is 32.1. The van der Waals surface area contributed by atoms with E-state index < -0.39 is 0 Å². The molecule has 0 aliphatic heterocycles. The Balaban J connectivity index is 1.76. The molecule has 0 atom stereocenters. The van der Waals surface area contributed by atoms with Crippen molar-refractivity contribution < 1.29 is 0 Å². The maximum atomic E-state index is 4.52. The monoisotopic (exact) mass is 275 g/mol. The van der Waals surface area contributed by atoms with Crippen molar-refractivity contribution in [1.29, 1.82) is 0 Å². The number of aromatic nitrogens is 2. The van der Waals surface area contributed by atoms with Crippen LogP contribution >= 0.6 is 11.5 Å². The molecule has 102 valence electrons. The Morgan fingerprint density at radius 3 is 2.53 bits per heavy atom. The van der Waals surface area contributed by atoms with Crippen LogP contribution in [0.4, 0.5) is 5.13 Å². The van der Waals surface area contributed by atoms with Gasteiger partial charge in [-0.3, -0.25) is 0 Å². The molecule has 1 aromatic carbocycles. The fourth-order valence-corrected chi connectivity index (χ4v) is 2.51. The molecule has 0 bridgehead atoms. The lowest BCUT2D eigenvalue weighted by atomic mass is 9.96. The van der Waals surface area contributed by atoms with Crippen molar-refractivity contribution in [1.82, 2.24) is 9.36 Å². The Hall–Kier alpha value is -1.42. The average Bonchev–Trinajstić information content (AvgIpc) is 2.85. The van der Waals surface area contributed by atoms with Crippen LogP contribution < -0.4 is 5.32 Å². The molecular formula is C15H21N3S. The minimum Gasteiger partial charge on any atom is -0.360 e. The average molecular weight is 275 g/mol. The van der Waals surface area contributed by atoms with Gasteiger partial charge < -0.3 is 5.32 Å². The van der Waals surface area contributed by atoms with E-state index in [0.717, 1.165) is 30.3 Å². The van der Waals surface area contributed by atoms with Crippen LogP contribution in [0, 0.1) is 0 Å². The van der Waals surface area contributed by atoms with Gasteiger partial charge in [-0.15, -0.1) is 0 Å². The maximum Gasteiger partial charge on any atom is 0.202 e. The first-order valence-corrected chi connectivity index (χ1v) is 7.45. The fourth-order valence-electron chi connectivity index (χ4n) is 1.73. The van der Waals surface area contributed by atoms with Crippen molar-refractivity contribution in [3.63, 3.8) is 0 Å². The number of anilines is 1. The van der Waals surface area contributed by atoms with Crippen LogP contribution in [0.2, 0.25) is 0 Å². The molecule has 0 amide bonds. The minimum atomic E-state index is 0.0282. The van der Waals surface area contributed by atoms with E-state index in [1.807, 2.05) is 0 Å². The third-order valence-corrected chi connectivity index (χ3v) is 3.53. The van der Waals surface area contributed by atoms with Crippen molar-refractivity contribution in [3.05, 3.63) is 41.7 Å². The Labute approximate surface area is 119 Å². The lowest BCUT2D eigenvalue weighted by Gasteiger charge is -2.12. The lowest BCUT2D eigenvalue weighted by molar-refractivity contribution is 0.555. The van der Waals surface area contributed by atoms with E-state index in [1.165, 1.54) is 17.1 Å². The summed E-state index contributed by atoms with van der Waals surface area (Å²) in [4.78, 5) is 4.52. The largest absolute Gasteiger partial charge is 0.360 e. The van der Waals surface area contributed by atoms with Crippen molar-refractivity contribution in [2.24, 2.45) is 0 Å². The number of benzene rings is 1. The Bertz CT molecular complexity index is 500. The zero-order valence-corrected chi connectivity index (χ0v) is 12.6. The number of hydrogen-bond acceptors (Lipinski definition) is 4. The zero-order valence-electron chi connectivity index (χ0n) is 11.8. The van der Waals surface area contributed by atoms with Gasteiger partial charge in [0.15, 0.2) is 0 Å². The van der Waals surface area contributed by atoms with Gasteiger partial charge in [-0.25, -0.2) is 4.98 Å². The molecule has 0 fully saturated rings. The second-order valence-corrected chi connectivity index (χ2v) is 6.44. The fraction of sp³-hybridized carbons (Fsp3) is 0.467. The highest BCUT2D eigenvalue weighted by molar-refractivity contribution is 7.09.